The highest BCUT2D eigenvalue weighted by atomic mass is 32.2. The van der Waals surface area contributed by atoms with Gasteiger partial charge in [-0.15, -0.1) is 0 Å². The van der Waals surface area contributed by atoms with Gasteiger partial charge in [0.25, 0.3) is 0 Å². The third-order valence-corrected chi connectivity index (χ3v) is 5.38. The molecule has 6 nitrogen and oxygen atoms in total. The van der Waals surface area contributed by atoms with Crippen LogP contribution in [0.1, 0.15) is 12.5 Å². The standard InChI is InChI=1S/C15H16N4O2S2/c1-2-19-14-6-5-12(23(16,20)21)8-13(14)18-15(19)22-10-11-4-3-7-17-9-11/h3-9H,2,10H2,1H3,(H2,16,20,21). The first-order chi connectivity index (χ1) is 11.0. The molecule has 1 aromatic carbocycles. The maximum atomic E-state index is 11.5. The maximum Gasteiger partial charge on any atom is 0.238 e. The van der Waals surface area contributed by atoms with Crippen LogP contribution in [0.3, 0.4) is 0 Å². The third-order valence-electron chi connectivity index (χ3n) is 3.42. The minimum Gasteiger partial charge on any atom is -0.319 e. The molecule has 3 aromatic rings. The van der Waals surface area contributed by atoms with Crippen molar-refractivity contribution in [2.24, 2.45) is 5.14 Å². The molecule has 0 spiro atoms. The van der Waals surface area contributed by atoms with Crippen LogP contribution in [0.2, 0.25) is 0 Å². The lowest BCUT2D eigenvalue weighted by Gasteiger charge is -2.05. The average Bonchev–Trinajstić information content (AvgIpc) is 2.89. The molecule has 0 aliphatic heterocycles. The molecule has 0 saturated carbocycles. The zero-order chi connectivity index (χ0) is 16.4. The lowest BCUT2D eigenvalue weighted by atomic mass is 10.3. The molecular formula is C15H16N4O2S2. The van der Waals surface area contributed by atoms with Gasteiger partial charge in [-0.3, -0.25) is 4.98 Å². The van der Waals surface area contributed by atoms with Crippen molar-refractivity contribution >= 4 is 32.8 Å². The first kappa shape index (κ1) is 16.0. The lowest BCUT2D eigenvalue weighted by Crippen LogP contribution is -2.11. The number of sulfonamides is 1. The van der Waals surface area contributed by atoms with Crippen molar-refractivity contribution in [1.82, 2.24) is 14.5 Å². The monoisotopic (exact) mass is 348 g/mol. The Labute approximate surface area is 138 Å². The van der Waals surface area contributed by atoms with Crippen molar-refractivity contribution in [3.05, 3.63) is 48.3 Å². The summed E-state index contributed by atoms with van der Waals surface area (Å²) in [5.74, 6) is 0.749. The predicted molar refractivity (Wildman–Crippen MR) is 90.6 cm³/mol. The molecule has 2 N–H and O–H groups in total. The van der Waals surface area contributed by atoms with Crippen LogP contribution in [0.15, 0.2) is 52.8 Å². The highest BCUT2D eigenvalue weighted by Gasteiger charge is 2.14. The Bertz CT molecular complexity index is 937. The molecule has 0 unspecified atom stereocenters. The van der Waals surface area contributed by atoms with Crippen molar-refractivity contribution in [3.8, 4) is 0 Å². The number of pyridine rings is 1. The minimum atomic E-state index is -3.72. The molecule has 0 amide bonds. The van der Waals surface area contributed by atoms with Gasteiger partial charge < -0.3 is 4.57 Å². The average molecular weight is 348 g/mol. The Morgan fingerprint density at radius 2 is 2.13 bits per heavy atom. The van der Waals surface area contributed by atoms with Crippen LogP contribution in [-0.4, -0.2) is 23.0 Å². The van der Waals surface area contributed by atoms with E-state index in [0.29, 0.717) is 5.52 Å². The van der Waals surface area contributed by atoms with E-state index in [0.717, 1.165) is 28.5 Å². The minimum absolute atomic E-state index is 0.0783. The lowest BCUT2D eigenvalue weighted by molar-refractivity contribution is 0.598. The van der Waals surface area contributed by atoms with E-state index in [1.54, 1.807) is 24.0 Å². The van der Waals surface area contributed by atoms with E-state index in [1.807, 2.05) is 25.3 Å². The number of thioether (sulfide) groups is 1. The summed E-state index contributed by atoms with van der Waals surface area (Å²) < 4.78 is 25.0. The van der Waals surface area contributed by atoms with Crippen LogP contribution in [-0.2, 0) is 22.3 Å². The summed E-state index contributed by atoms with van der Waals surface area (Å²) in [6, 6.07) is 8.70. The number of fused-ring (bicyclic) bond motifs is 1. The summed E-state index contributed by atoms with van der Waals surface area (Å²) in [5, 5.41) is 6.03. The van der Waals surface area contributed by atoms with E-state index in [-0.39, 0.29) is 4.90 Å². The Balaban J connectivity index is 1.96. The van der Waals surface area contributed by atoms with E-state index < -0.39 is 10.0 Å². The number of hydrogen-bond acceptors (Lipinski definition) is 5. The van der Waals surface area contributed by atoms with Crippen molar-refractivity contribution in [3.63, 3.8) is 0 Å². The molecule has 0 aliphatic rings. The zero-order valence-corrected chi connectivity index (χ0v) is 14.1. The summed E-state index contributed by atoms with van der Waals surface area (Å²) in [5.41, 5.74) is 2.64. The van der Waals surface area contributed by atoms with Gasteiger partial charge in [0.1, 0.15) is 0 Å². The highest BCUT2D eigenvalue weighted by Crippen LogP contribution is 2.27. The molecular weight excluding hydrogens is 332 g/mol. The van der Waals surface area contributed by atoms with E-state index in [1.165, 1.54) is 12.1 Å². The molecule has 120 valence electrons. The fraction of sp³-hybridized carbons (Fsp3) is 0.200. The molecule has 23 heavy (non-hydrogen) atoms. The largest absolute Gasteiger partial charge is 0.319 e. The fourth-order valence-electron chi connectivity index (χ4n) is 2.31. The number of nitrogens with two attached hydrogens (primary N) is 1. The smallest absolute Gasteiger partial charge is 0.238 e. The van der Waals surface area contributed by atoms with Crippen LogP contribution < -0.4 is 5.14 Å². The molecule has 8 heteroatoms. The molecule has 0 aliphatic carbocycles. The molecule has 3 rings (SSSR count). The van der Waals surface area contributed by atoms with E-state index in [2.05, 4.69) is 14.5 Å². The summed E-state index contributed by atoms with van der Waals surface area (Å²) in [4.78, 5) is 8.74. The van der Waals surface area contributed by atoms with Crippen LogP contribution in [0.25, 0.3) is 11.0 Å². The van der Waals surface area contributed by atoms with E-state index in [9.17, 15) is 8.42 Å². The highest BCUT2D eigenvalue weighted by molar-refractivity contribution is 7.98. The van der Waals surface area contributed by atoms with Crippen molar-refractivity contribution in [2.45, 2.75) is 29.3 Å². The number of imidazole rings is 1. The third kappa shape index (κ3) is 3.39. The molecule has 0 bridgehead atoms. The number of primary sulfonamides is 1. The molecule has 0 fully saturated rings. The molecule has 0 saturated heterocycles. The molecule has 2 aromatic heterocycles. The Morgan fingerprint density at radius 3 is 2.78 bits per heavy atom. The molecule has 0 atom stereocenters. The van der Waals surface area contributed by atoms with Crippen LogP contribution in [0.4, 0.5) is 0 Å². The second kappa shape index (κ2) is 6.31. The van der Waals surface area contributed by atoms with Crippen molar-refractivity contribution in [2.75, 3.05) is 0 Å². The van der Waals surface area contributed by atoms with Gasteiger partial charge in [-0.05, 0) is 36.8 Å². The predicted octanol–water partition coefficient (Wildman–Crippen LogP) is 2.39. The van der Waals surface area contributed by atoms with Gasteiger partial charge in [0.05, 0.1) is 15.9 Å². The number of aromatic nitrogens is 3. The van der Waals surface area contributed by atoms with Crippen LogP contribution >= 0.6 is 11.8 Å². The first-order valence-electron chi connectivity index (χ1n) is 7.04. The fourth-order valence-corrected chi connectivity index (χ4v) is 3.86. The van der Waals surface area contributed by atoms with Crippen LogP contribution in [0.5, 0.6) is 0 Å². The summed E-state index contributed by atoms with van der Waals surface area (Å²) in [7, 11) is -3.72. The summed E-state index contributed by atoms with van der Waals surface area (Å²) in [6.07, 6.45) is 3.56. The Hall–Kier alpha value is -1.90. The zero-order valence-electron chi connectivity index (χ0n) is 12.5. The maximum absolute atomic E-state index is 11.5. The van der Waals surface area contributed by atoms with Gasteiger partial charge in [0.15, 0.2) is 5.16 Å². The van der Waals surface area contributed by atoms with Gasteiger partial charge >= 0.3 is 0 Å². The summed E-state index contributed by atoms with van der Waals surface area (Å²) in [6.45, 7) is 2.78. The van der Waals surface area contributed by atoms with Crippen molar-refractivity contribution < 1.29 is 8.42 Å². The first-order valence-corrected chi connectivity index (χ1v) is 9.57. The second-order valence-electron chi connectivity index (χ2n) is 4.98. The number of aryl methyl sites for hydroxylation is 1. The van der Waals surface area contributed by atoms with Gasteiger partial charge in [0, 0.05) is 24.7 Å². The molecule has 0 radical (unpaired) electrons. The number of nitrogens with zero attached hydrogens (tertiary/aromatic N) is 3. The van der Waals surface area contributed by atoms with E-state index in [4.69, 9.17) is 5.14 Å². The Morgan fingerprint density at radius 1 is 1.30 bits per heavy atom. The second-order valence-corrected chi connectivity index (χ2v) is 7.49. The van der Waals surface area contributed by atoms with Gasteiger partial charge in [-0.25, -0.2) is 18.5 Å². The van der Waals surface area contributed by atoms with Gasteiger partial charge in [-0.1, -0.05) is 17.8 Å². The van der Waals surface area contributed by atoms with Crippen LogP contribution in [0, 0.1) is 0 Å². The Kier molecular flexibility index (Phi) is 4.38. The van der Waals surface area contributed by atoms with E-state index >= 15 is 0 Å². The quantitative estimate of drug-likeness (QED) is 0.715. The number of rotatable bonds is 5. The normalized spacial score (nSPS) is 11.9. The topological polar surface area (TPSA) is 90.9 Å². The molecule has 2 heterocycles. The van der Waals surface area contributed by atoms with Crippen molar-refractivity contribution in [1.29, 1.82) is 0 Å². The number of benzene rings is 1. The summed E-state index contributed by atoms with van der Waals surface area (Å²) >= 11 is 1.59. The van der Waals surface area contributed by atoms with Gasteiger partial charge in [0.2, 0.25) is 10.0 Å². The number of hydrogen-bond donors (Lipinski definition) is 1. The van der Waals surface area contributed by atoms with Gasteiger partial charge in [-0.2, -0.15) is 0 Å². The SMILES string of the molecule is CCn1c(SCc2cccnc2)nc2cc(S(N)(=O)=O)ccc21.